The summed E-state index contributed by atoms with van der Waals surface area (Å²) >= 11 is 1.34. The van der Waals surface area contributed by atoms with Gasteiger partial charge in [-0.2, -0.15) is 0 Å². The molecular weight excluding hydrogens is 450 g/mol. The molecule has 8 nitrogen and oxygen atoms in total. The number of amides is 1. The largest absolute Gasteiger partial charge is 0.497 e. The number of hydrogen-bond acceptors (Lipinski definition) is 8. The number of fused-ring (bicyclic) bond motifs is 1. The standard InChI is InChI=1S/C22H27N3O5S2/c1-24(2)12-5-13-25(22-23-19-11-8-17(30-4)14-20(19)31-22)21(26)15-32(27,28)18-9-6-16(29-3)7-10-18/h6-11,14H,5,12-13,15H2,1-4H3. The number of carbonyl (C=O) groups excluding carboxylic acids is 1. The molecule has 3 aromatic rings. The average molecular weight is 478 g/mol. The number of anilines is 1. The van der Waals surface area contributed by atoms with E-state index >= 15 is 0 Å². The van der Waals surface area contributed by atoms with Crippen molar-refractivity contribution in [2.24, 2.45) is 0 Å². The molecule has 0 atom stereocenters. The van der Waals surface area contributed by atoms with Crippen LogP contribution in [-0.4, -0.2) is 71.4 Å². The molecule has 0 spiro atoms. The molecule has 0 N–H and O–H groups in total. The van der Waals surface area contributed by atoms with Gasteiger partial charge in [0.15, 0.2) is 15.0 Å². The molecule has 0 radical (unpaired) electrons. The predicted molar refractivity (Wildman–Crippen MR) is 127 cm³/mol. The van der Waals surface area contributed by atoms with Crippen LogP contribution in [-0.2, 0) is 14.6 Å². The third-order valence-corrected chi connectivity index (χ3v) is 7.49. The fraction of sp³-hybridized carbons (Fsp3) is 0.364. The summed E-state index contributed by atoms with van der Waals surface area (Å²) in [5.74, 6) is 0.0944. The van der Waals surface area contributed by atoms with Crippen molar-refractivity contribution >= 4 is 42.4 Å². The van der Waals surface area contributed by atoms with Crippen LogP contribution in [0.25, 0.3) is 10.2 Å². The van der Waals surface area contributed by atoms with Crippen molar-refractivity contribution in [2.75, 3.05) is 52.1 Å². The summed E-state index contributed by atoms with van der Waals surface area (Å²) in [5.41, 5.74) is 0.731. The highest BCUT2D eigenvalue weighted by Gasteiger charge is 2.26. The minimum Gasteiger partial charge on any atom is -0.497 e. The Bertz CT molecular complexity index is 1170. The number of thiazole rings is 1. The maximum absolute atomic E-state index is 13.2. The quantitative estimate of drug-likeness (QED) is 0.443. The molecule has 1 aromatic heterocycles. The summed E-state index contributed by atoms with van der Waals surface area (Å²) in [7, 11) is 3.17. The van der Waals surface area contributed by atoms with E-state index in [0.717, 1.165) is 16.8 Å². The molecule has 2 aromatic carbocycles. The van der Waals surface area contributed by atoms with E-state index in [9.17, 15) is 13.2 Å². The van der Waals surface area contributed by atoms with Crippen LogP contribution < -0.4 is 14.4 Å². The molecule has 1 amide bonds. The van der Waals surface area contributed by atoms with Gasteiger partial charge in [-0.1, -0.05) is 11.3 Å². The van der Waals surface area contributed by atoms with Crippen molar-refractivity contribution in [2.45, 2.75) is 11.3 Å². The van der Waals surface area contributed by atoms with Gasteiger partial charge >= 0.3 is 0 Å². The summed E-state index contributed by atoms with van der Waals surface area (Å²) in [6.45, 7) is 1.12. The van der Waals surface area contributed by atoms with Crippen molar-refractivity contribution in [3.05, 3.63) is 42.5 Å². The fourth-order valence-electron chi connectivity index (χ4n) is 3.11. The topological polar surface area (TPSA) is 89.0 Å². The van der Waals surface area contributed by atoms with Gasteiger partial charge in [0, 0.05) is 6.54 Å². The molecule has 1 heterocycles. The van der Waals surface area contributed by atoms with E-state index in [4.69, 9.17) is 9.47 Å². The number of hydrogen-bond donors (Lipinski definition) is 0. The van der Waals surface area contributed by atoms with Crippen molar-refractivity contribution < 1.29 is 22.7 Å². The van der Waals surface area contributed by atoms with Gasteiger partial charge in [-0.15, -0.1) is 0 Å². The zero-order valence-electron chi connectivity index (χ0n) is 18.6. The van der Waals surface area contributed by atoms with E-state index < -0.39 is 21.5 Å². The number of sulfone groups is 1. The molecule has 0 aliphatic heterocycles. The Morgan fingerprint density at radius 1 is 1.00 bits per heavy atom. The fourth-order valence-corrected chi connectivity index (χ4v) is 5.35. The number of ether oxygens (including phenoxy) is 2. The van der Waals surface area contributed by atoms with Gasteiger partial charge < -0.3 is 14.4 Å². The number of methoxy groups -OCH3 is 2. The Kier molecular flexibility index (Phi) is 7.70. The highest BCUT2D eigenvalue weighted by atomic mass is 32.2. The first kappa shape index (κ1) is 24.0. The number of nitrogens with zero attached hydrogens (tertiary/aromatic N) is 3. The zero-order chi connectivity index (χ0) is 23.3. The lowest BCUT2D eigenvalue weighted by Crippen LogP contribution is -2.37. The third kappa shape index (κ3) is 5.76. The molecule has 10 heteroatoms. The number of carbonyl (C=O) groups is 1. The first-order valence-corrected chi connectivity index (χ1v) is 12.5. The van der Waals surface area contributed by atoms with Crippen molar-refractivity contribution in [3.8, 4) is 11.5 Å². The maximum atomic E-state index is 13.2. The SMILES string of the molecule is COc1ccc(S(=O)(=O)CC(=O)N(CCCN(C)C)c2nc3ccc(OC)cc3s2)cc1. The normalized spacial score (nSPS) is 11.7. The Balaban J connectivity index is 1.87. The molecule has 32 heavy (non-hydrogen) atoms. The molecule has 0 aliphatic carbocycles. The minimum absolute atomic E-state index is 0.0777. The molecule has 0 saturated carbocycles. The monoisotopic (exact) mass is 477 g/mol. The predicted octanol–water partition coefficient (Wildman–Crippen LogP) is 3.07. The average Bonchev–Trinajstić information content (AvgIpc) is 3.18. The summed E-state index contributed by atoms with van der Waals surface area (Å²) in [6.07, 6.45) is 0.681. The first-order valence-electron chi connectivity index (χ1n) is 10.00. The Morgan fingerprint density at radius 2 is 1.66 bits per heavy atom. The van der Waals surface area contributed by atoms with Crippen molar-refractivity contribution in [3.63, 3.8) is 0 Å². The van der Waals surface area contributed by atoms with E-state index in [0.29, 0.717) is 29.6 Å². The van der Waals surface area contributed by atoms with Crippen molar-refractivity contribution in [1.29, 1.82) is 0 Å². The summed E-state index contributed by atoms with van der Waals surface area (Å²) < 4.78 is 37.0. The molecule has 3 rings (SSSR count). The summed E-state index contributed by atoms with van der Waals surface area (Å²) in [4.78, 5) is 21.3. The second kappa shape index (κ2) is 10.3. The number of aromatic nitrogens is 1. The number of rotatable bonds is 10. The van der Waals surface area contributed by atoms with E-state index in [1.54, 1.807) is 25.3 Å². The molecule has 0 aliphatic rings. The minimum atomic E-state index is -3.82. The van der Waals surface area contributed by atoms with E-state index in [2.05, 4.69) is 4.98 Å². The first-order chi connectivity index (χ1) is 15.2. The van der Waals surface area contributed by atoms with Crippen LogP contribution >= 0.6 is 11.3 Å². The Morgan fingerprint density at radius 3 is 2.28 bits per heavy atom. The van der Waals surface area contributed by atoms with Gasteiger partial charge in [-0.05, 0) is 69.5 Å². The van der Waals surface area contributed by atoms with Crippen molar-refractivity contribution in [1.82, 2.24) is 9.88 Å². The van der Waals surface area contributed by atoms with Gasteiger partial charge in [0.25, 0.3) is 0 Å². The summed E-state index contributed by atoms with van der Waals surface area (Å²) in [5, 5.41) is 0.474. The van der Waals surface area contributed by atoms with Crippen LogP contribution in [0.4, 0.5) is 5.13 Å². The van der Waals surface area contributed by atoms with Gasteiger partial charge in [0.05, 0.1) is 29.3 Å². The molecule has 172 valence electrons. The van der Waals surface area contributed by atoms with E-state index in [-0.39, 0.29) is 4.90 Å². The summed E-state index contributed by atoms with van der Waals surface area (Å²) in [6, 6.07) is 11.5. The van der Waals surface area contributed by atoms with Crippen LogP contribution in [0.15, 0.2) is 47.4 Å². The van der Waals surface area contributed by atoms with Crippen LogP contribution in [0.5, 0.6) is 11.5 Å². The zero-order valence-corrected chi connectivity index (χ0v) is 20.2. The van der Waals surface area contributed by atoms with Gasteiger partial charge in [-0.25, -0.2) is 13.4 Å². The van der Waals surface area contributed by atoms with Gasteiger partial charge in [0.1, 0.15) is 17.3 Å². The lowest BCUT2D eigenvalue weighted by molar-refractivity contribution is -0.116. The highest BCUT2D eigenvalue weighted by Crippen LogP contribution is 2.32. The van der Waals surface area contributed by atoms with Crippen LogP contribution in [0, 0.1) is 0 Å². The van der Waals surface area contributed by atoms with Gasteiger partial charge in [0.2, 0.25) is 5.91 Å². The molecule has 0 saturated heterocycles. The second-order valence-corrected chi connectivity index (χ2v) is 10.5. The maximum Gasteiger partial charge on any atom is 0.244 e. The third-order valence-electron chi connectivity index (χ3n) is 4.84. The van der Waals surface area contributed by atoms with Crippen LogP contribution in [0.2, 0.25) is 0 Å². The Hall–Kier alpha value is -2.69. The Labute approximate surface area is 192 Å². The lowest BCUT2D eigenvalue weighted by Gasteiger charge is -2.21. The van der Waals surface area contributed by atoms with E-state index in [1.807, 2.05) is 31.1 Å². The molecule has 0 unspecified atom stereocenters. The van der Waals surface area contributed by atoms with Crippen LogP contribution in [0.3, 0.4) is 0 Å². The second-order valence-electron chi connectivity index (χ2n) is 7.47. The van der Waals surface area contributed by atoms with Gasteiger partial charge in [-0.3, -0.25) is 9.69 Å². The highest BCUT2D eigenvalue weighted by molar-refractivity contribution is 7.92. The molecule has 0 bridgehead atoms. The number of benzene rings is 2. The smallest absolute Gasteiger partial charge is 0.244 e. The molecular formula is C22H27N3O5S2. The molecule has 0 fully saturated rings. The lowest BCUT2D eigenvalue weighted by atomic mass is 10.3. The van der Waals surface area contributed by atoms with Crippen LogP contribution in [0.1, 0.15) is 6.42 Å². The van der Waals surface area contributed by atoms with E-state index in [1.165, 1.54) is 35.5 Å².